The Kier molecular flexibility index (Phi) is 4.32. The molecule has 26 heavy (non-hydrogen) atoms. The number of para-hydroxylation sites is 1. The first kappa shape index (κ1) is 17.2. The number of nitrogens with zero attached hydrogens (tertiary/aromatic N) is 1. The van der Waals surface area contributed by atoms with Gasteiger partial charge in [0, 0.05) is 23.8 Å². The van der Waals surface area contributed by atoms with E-state index in [4.69, 9.17) is 0 Å². The molecule has 0 aromatic heterocycles. The molecule has 1 fully saturated rings. The van der Waals surface area contributed by atoms with Gasteiger partial charge in [-0.3, -0.25) is 4.79 Å². The molecule has 1 aliphatic carbocycles. The van der Waals surface area contributed by atoms with Crippen LogP contribution in [0.5, 0.6) is 0 Å². The summed E-state index contributed by atoms with van der Waals surface area (Å²) >= 11 is 0. The fourth-order valence-electron chi connectivity index (χ4n) is 3.38. The van der Waals surface area contributed by atoms with Crippen LogP contribution in [0.4, 0.5) is 5.69 Å². The van der Waals surface area contributed by atoms with Crippen molar-refractivity contribution in [1.82, 2.24) is 4.72 Å². The summed E-state index contributed by atoms with van der Waals surface area (Å²) in [6.45, 7) is 2.49. The number of carbonyl (C=O) groups is 1. The third-order valence-corrected chi connectivity index (χ3v) is 6.52. The molecule has 2 aromatic rings. The molecule has 0 bridgehead atoms. The summed E-state index contributed by atoms with van der Waals surface area (Å²) in [5, 5.41) is 0. The van der Waals surface area contributed by atoms with Gasteiger partial charge in [0.2, 0.25) is 10.0 Å². The molecule has 0 unspecified atom stereocenters. The van der Waals surface area contributed by atoms with E-state index in [1.165, 1.54) is 6.07 Å². The maximum absolute atomic E-state index is 13.2. The highest BCUT2D eigenvalue weighted by Crippen LogP contribution is 2.29. The van der Waals surface area contributed by atoms with Crippen molar-refractivity contribution in [3.63, 3.8) is 0 Å². The number of nitrogens with one attached hydrogen (secondary N) is 1. The third kappa shape index (κ3) is 3.27. The molecule has 2 aliphatic rings. The molecule has 0 radical (unpaired) electrons. The molecule has 1 aliphatic heterocycles. The molecule has 0 spiro atoms. The fraction of sp³-hybridized carbons (Fsp3) is 0.350. The van der Waals surface area contributed by atoms with E-state index in [1.54, 1.807) is 17.0 Å². The van der Waals surface area contributed by atoms with Crippen LogP contribution in [0.25, 0.3) is 0 Å². The van der Waals surface area contributed by atoms with Gasteiger partial charge in [0.15, 0.2) is 0 Å². The zero-order valence-electron chi connectivity index (χ0n) is 14.7. The summed E-state index contributed by atoms with van der Waals surface area (Å²) < 4.78 is 27.7. The van der Waals surface area contributed by atoms with Gasteiger partial charge in [0.25, 0.3) is 5.91 Å². The molecular formula is C20H22N2O3S. The predicted molar refractivity (Wildman–Crippen MR) is 101 cm³/mol. The van der Waals surface area contributed by atoms with Crippen LogP contribution in [-0.2, 0) is 16.4 Å². The molecule has 1 heterocycles. The van der Waals surface area contributed by atoms with Gasteiger partial charge in [0.05, 0.1) is 4.90 Å². The van der Waals surface area contributed by atoms with Crippen LogP contribution >= 0.6 is 0 Å². The van der Waals surface area contributed by atoms with E-state index < -0.39 is 10.0 Å². The Hall–Kier alpha value is -2.18. The molecule has 0 saturated heterocycles. The number of fused-ring (bicyclic) bond motifs is 1. The maximum atomic E-state index is 13.2. The van der Waals surface area contributed by atoms with Crippen molar-refractivity contribution < 1.29 is 13.2 Å². The van der Waals surface area contributed by atoms with Gasteiger partial charge in [-0.1, -0.05) is 24.3 Å². The van der Waals surface area contributed by atoms with E-state index in [-0.39, 0.29) is 16.8 Å². The number of hydrogen-bond acceptors (Lipinski definition) is 3. The van der Waals surface area contributed by atoms with Crippen molar-refractivity contribution in [3.8, 4) is 0 Å². The van der Waals surface area contributed by atoms with Gasteiger partial charge in [-0.25, -0.2) is 13.1 Å². The molecule has 2 aromatic carbocycles. The second-order valence-electron chi connectivity index (χ2n) is 7.06. The molecule has 5 nitrogen and oxygen atoms in total. The SMILES string of the molecule is Cc1ccc(S(=O)(=O)NC2CC2)cc1C(=O)N1CCCc2ccccc21. The van der Waals surface area contributed by atoms with Crippen LogP contribution in [-0.4, -0.2) is 26.9 Å². The molecule has 1 N–H and O–H groups in total. The number of aryl methyl sites for hydroxylation is 2. The van der Waals surface area contributed by atoms with Crippen molar-refractivity contribution in [2.24, 2.45) is 0 Å². The Morgan fingerprint density at radius 3 is 2.69 bits per heavy atom. The first-order valence-electron chi connectivity index (χ1n) is 8.98. The van der Waals surface area contributed by atoms with Crippen LogP contribution in [0.1, 0.15) is 40.7 Å². The summed E-state index contributed by atoms with van der Waals surface area (Å²) in [6, 6.07) is 12.7. The van der Waals surface area contributed by atoms with Crippen LogP contribution in [0.2, 0.25) is 0 Å². The largest absolute Gasteiger partial charge is 0.308 e. The van der Waals surface area contributed by atoms with Gasteiger partial charge in [0.1, 0.15) is 0 Å². The summed E-state index contributed by atoms with van der Waals surface area (Å²) in [5.74, 6) is -0.141. The zero-order valence-corrected chi connectivity index (χ0v) is 15.6. The molecule has 136 valence electrons. The van der Waals surface area contributed by atoms with E-state index in [0.717, 1.165) is 42.5 Å². The summed E-state index contributed by atoms with van der Waals surface area (Å²) in [6.07, 6.45) is 3.62. The quantitative estimate of drug-likeness (QED) is 0.900. The number of amides is 1. The van der Waals surface area contributed by atoms with E-state index in [9.17, 15) is 13.2 Å². The van der Waals surface area contributed by atoms with Crippen molar-refractivity contribution in [3.05, 3.63) is 59.2 Å². The van der Waals surface area contributed by atoms with Gasteiger partial charge in [-0.15, -0.1) is 0 Å². The minimum absolute atomic E-state index is 0.0365. The minimum Gasteiger partial charge on any atom is -0.308 e. The minimum atomic E-state index is -3.58. The number of benzene rings is 2. The lowest BCUT2D eigenvalue weighted by molar-refractivity contribution is 0.0984. The normalized spacial score (nSPS) is 17.0. The molecule has 1 saturated carbocycles. The van der Waals surface area contributed by atoms with Gasteiger partial charge in [-0.2, -0.15) is 0 Å². The zero-order chi connectivity index (χ0) is 18.3. The molecule has 1 amide bonds. The van der Waals surface area contributed by atoms with Crippen LogP contribution in [0, 0.1) is 6.92 Å². The van der Waals surface area contributed by atoms with E-state index in [1.807, 2.05) is 31.2 Å². The number of hydrogen-bond donors (Lipinski definition) is 1. The Labute approximate surface area is 154 Å². The highest BCUT2D eigenvalue weighted by molar-refractivity contribution is 7.89. The fourth-order valence-corrected chi connectivity index (χ4v) is 4.71. The van der Waals surface area contributed by atoms with Crippen LogP contribution < -0.4 is 9.62 Å². The monoisotopic (exact) mass is 370 g/mol. The van der Waals surface area contributed by atoms with Gasteiger partial charge >= 0.3 is 0 Å². The second-order valence-corrected chi connectivity index (χ2v) is 8.78. The van der Waals surface area contributed by atoms with Gasteiger partial charge in [-0.05, 0) is 61.9 Å². The number of sulfonamides is 1. The lowest BCUT2D eigenvalue weighted by Crippen LogP contribution is -2.36. The van der Waals surface area contributed by atoms with Crippen LogP contribution in [0.3, 0.4) is 0 Å². The lowest BCUT2D eigenvalue weighted by Gasteiger charge is -2.30. The second kappa shape index (κ2) is 6.52. The number of rotatable bonds is 4. The number of carbonyl (C=O) groups excluding carboxylic acids is 1. The lowest BCUT2D eigenvalue weighted by atomic mass is 10.00. The Morgan fingerprint density at radius 1 is 1.15 bits per heavy atom. The van der Waals surface area contributed by atoms with Crippen molar-refractivity contribution in [2.45, 2.75) is 43.5 Å². The molecule has 0 atom stereocenters. The number of anilines is 1. The Bertz CT molecular complexity index is 965. The van der Waals surface area contributed by atoms with E-state index in [0.29, 0.717) is 12.1 Å². The highest BCUT2D eigenvalue weighted by Gasteiger charge is 2.30. The van der Waals surface area contributed by atoms with Crippen molar-refractivity contribution in [1.29, 1.82) is 0 Å². The van der Waals surface area contributed by atoms with E-state index in [2.05, 4.69) is 4.72 Å². The average Bonchev–Trinajstić information content (AvgIpc) is 3.44. The Balaban J connectivity index is 1.69. The van der Waals surface area contributed by atoms with Gasteiger partial charge < -0.3 is 4.90 Å². The molecule has 4 rings (SSSR count). The average molecular weight is 370 g/mol. The highest BCUT2D eigenvalue weighted by atomic mass is 32.2. The first-order valence-corrected chi connectivity index (χ1v) is 10.5. The first-order chi connectivity index (χ1) is 12.5. The molecule has 6 heteroatoms. The maximum Gasteiger partial charge on any atom is 0.258 e. The summed E-state index contributed by atoms with van der Waals surface area (Å²) in [5.41, 5.74) is 3.31. The van der Waals surface area contributed by atoms with E-state index >= 15 is 0 Å². The third-order valence-electron chi connectivity index (χ3n) is 5.00. The van der Waals surface area contributed by atoms with Crippen molar-refractivity contribution in [2.75, 3.05) is 11.4 Å². The summed E-state index contributed by atoms with van der Waals surface area (Å²) in [7, 11) is -3.58. The topological polar surface area (TPSA) is 66.5 Å². The predicted octanol–water partition coefficient (Wildman–Crippen LogP) is 3.03. The standard InChI is InChI=1S/C20H22N2O3S/c1-14-8-11-17(26(24,25)21-16-9-10-16)13-18(14)20(23)22-12-4-6-15-5-2-3-7-19(15)22/h2-3,5,7-8,11,13,16,21H,4,6,9-10,12H2,1H3. The Morgan fingerprint density at radius 2 is 1.92 bits per heavy atom. The summed E-state index contributed by atoms with van der Waals surface area (Å²) in [4.78, 5) is 15.1. The van der Waals surface area contributed by atoms with Crippen LogP contribution in [0.15, 0.2) is 47.4 Å². The smallest absolute Gasteiger partial charge is 0.258 e. The van der Waals surface area contributed by atoms with Crippen molar-refractivity contribution >= 4 is 21.6 Å². The molecular weight excluding hydrogens is 348 g/mol.